The largest absolute Gasteiger partial charge is 0.417 e. The summed E-state index contributed by atoms with van der Waals surface area (Å²) in [6.45, 7) is 0. The van der Waals surface area contributed by atoms with Gasteiger partial charge in [0.1, 0.15) is 17.2 Å². The Morgan fingerprint density at radius 1 is 1.44 bits per heavy atom. The van der Waals surface area contributed by atoms with Crippen molar-refractivity contribution in [3.8, 4) is 6.07 Å². The van der Waals surface area contributed by atoms with Crippen molar-refractivity contribution in [3.63, 3.8) is 0 Å². The summed E-state index contributed by atoms with van der Waals surface area (Å²) in [6, 6.07) is 2.35. The fraction of sp³-hybridized carbons (Fsp3) is 0.111. The molecule has 18 heavy (non-hydrogen) atoms. The highest BCUT2D eigenvalue weighted by molar-refractivity contribution is 6.68. The number of carbonyl (C=O) groups is 1. The molecule has 0 fully saturated rings. The quantitative estimate of drug-likeness (QED) is 0.473. The van der Waals surface area contributed by atoms with Crippen LogP contribution in [0.3, 0.4) is 0 Å². The van der Waals surface area contributed by atoms with E-state index in [1.54, 1.807) is 0 Å². The van der Waals surface area contributed by atoms with Crippen molar-refractivity contribution in [1.82, 2.24) is 0 Å². The second-order valence-corrected chi connectivity index (χ2v) is 3.37. The molecule has 1 aromatic rings. The van der Waals surface area contributed by atoms with Crippen LogP contribution in [0.5, 0.6) is 0 Å². The predicted molar refractivity (Wildman–Crippen MR) is 53.0 cm³/mol. The Kier molecular flexibility index (Phi) is 3.57. The molecule has 5 nitrogen and oxygen atoms in total. The lowest BCUT2D eigenvalue weighted by Gasteiger charge is -2.10. The third-order valence-corrected chi connectivity index (χ3v) is 2.17. The van der Waals surface area contributed by atoms with Gasteiger partial charge in [-0.25, -0.2) is 0 Å². The van der Waals surface area contributed by atoms with E-state index in [2.05, 4.69) is 0 Å². The maximum atomic E-state index is 12.6. The zero-order chi connectivity index (χ0) is 14.1. The number of carbonyl (C=O) groups excluding carboxylic acids is 1. The zero-order valence-corrected chi connectivity index (χ0v) is 9.04. The summed E-state index contributed by atoms with van der Waals surface area (Å²) in [7, 11) is 0. The lowest BCUT2D eigenvalue weighted by atomic mass is 10.0. The van der Waals surface area contributed by atoms with Crippen molar-refractivity contribution < 1.29 is 22.9 Å². The van der Waals surface area contributed by atoms with Crippen LogP contribution in [0.1, 0.15) is 21.5 Å². The Morgan fingerprint density at radius 2 is 2.00 bits per heavy atom. The van der Waals surface area contributed by atoms with E-state index in [1.807, 2.05) is 0 Å². The fourth-order valence-corrected chi connectivity index (χ4v) is 1.50. The van der Waals surface area contributed by atoms with E-state index >= 15 is 0 Å². The van der Waals surface area contributed by atoms with Gasteiger partial charge in [0, 0.05) is 0 Å². The van der Waals surface area contributed by atoms with Crippen molar-refractivity contribution in [1.29, 1.82) is 5.26 Å². The maximum Gasteiger partial charge on any atom is 0.417 e. The van der Waals surface area contributed by atoms with Crippen molar-refractivity contribution in [2.24, 2.45) is 0 Å². The average Bonchev–Trinajstić information content (AvgIpc) is 2.25. The Bertz CT molecular complexity index is 578. The van der Waals surface area contributed by atoms with Crippen LogP contribution in [0, 0.1) is 21.4 Å². The molecule has 0 saturated carbocycles. The minimum Gasteiger partial charge on any atom is -0.275 e. The minimum absolute atomic E-state index is 0.404. The standard InChI is InChI=1S/C9H2ClF3N2O3/c10-8(16)6-5(9(11,12)13)2-1-4(3-14)7(6)15(17)18/h1-2H. The number of alkyl halides is 3. The summed E-state index contributed by atoms with van der Waals surface area (Å²) in [5.74, 6) is 0. The number of nitrogens with zero attached hydrogens (tertiary/aromatic N) is 2. The Labute approximate surface area is 103 Å². The molecule has 0 N–H and O–H groups in total. The topological polar surface area (TPSA) is 84.0 Å². The van der Waals surface area contributed by atoms with Crippen LogP contribution in [0.15, 0.2) is 12.1 Å². The Balaban J connectivity index is 3.81. The van der Waals surface area contributed by atoms with E-state index < -0.39 is 38.7 Å². The Hall–Kier alpha value is -2.14. The van der Waals surface area contributed by atoms with Crippen LogP contribution in [0.4, 0.5) is 18.9 Å². The van der Waals surface area contributed by atoms with E-state index in [1.165, 1.54) is 6.07 Å². The van der Waals surface area contributed by atoms with Crippen LogP contribution in [0.25, 0.3) is 0 Å². The zero-order valence-electron chi connectivity index (χ0n) is 8.29. The summed E-state index contributed by atoms with van der Waals surface area (Å²) >= 11 is 4.94. The van der Waals surface area contributed by atoms with Crippen molar-refractivity contribution in [2.75, 3.05) is 0 Å². The third-order valence-electron chi connectivity index (χ3n) is 1.98. The van der Waals surface area contributed by atoms with Gasteiger partial charge in [-0.1, -0.05) is 0 Å². The molecular formula is C9H2ClF3N2O3. The van der Waals surface area contributed by atoms with E-state index in [-0.39, 0.29) is 0 Å². The second-order valence-electron chi connectivity index (χ2n) is 3.02. The smallest absolute Gasteiger partial charge is 0.275 e. The van der Waals surface area contributed by atoms with E-state index in [9.17, 15) is 28.1 Å². The molecule has 0 spiro atoms. The van der Waals surface area contributed by atoms with E-state index in [0.29, 0.717) is 12.1 Å². The van der Waals surface area contributed by atoms with Gasteiger partial charge >= 0.3 is 6.18 Å². The molecule has 1 aromatic carbocycles. The highest BCUT2D eigenvalue weighted by atomic mass is 35.5. The van der Waals surface area contributed by atoms with E-state index in [4.69, 9.17) is 16.9 Å². The summed E-state index contributed by atoms with van der Waals surface area (Å²) in [6.07, 6.45) is -4.99. The lowest BCUT2D eigenvalue weighted by molar-refractivity contribution is -0.385. The number of rotatable bonds is 2. The fourth-order valence-electron chi connectivity index (χ4n) is 1.31. The Morgan fingerprint density at radius 3 is 2.33 bits per heavy atom. The minimum atomic E-state index is -4.99. The molecule has 0 aliphatic carbocycles. The lowest BCUT2D eigenvalue weighted by Crippen LogP contribution is -2.14. The molecule has 0 unspecified atom stereocenters. The van der Waals surface area contributed by atoms with Gasteiger partial charge in [0.15, 0.2) is 0 Å². The second kappa shape index (κ2) is 4.62. The van der Waals surface area contributed by atoms with Gasteiger partial charge < -0.3 is 0 Å². The average molecular weight is 279 g/mol. The first-order chi connectivity index (χ1) is 8.20. The third kappa shape index (κ3) is 2.41. The van der Waals surface area contributed by atoms with Crippen LogP contribution in [-0.2, 0) is 6.18 Å². The first-order valence-corrected chi connectivity index (χ1v) is 4.56. The summed E-state index contributed by atoms with van der Waals surface area (Å²) < 4.78 is 37.7. The summed E-state index contributed by atoms with van der Waals surface area (Å²) in [5.41, 5.74) is -4.79. The normalized spacial score (nSPS) is 10.8. The number of nitro groups is 1. The van der Waals surface area contributed by atoms with Gasteiger partial charge in [0.25, 0.3) is 10.9 Å². The number of hydrogen-bond donors (Lipinski definition) is 0. The molecule has 0 bridgehead atoms. The van der Waals surface area contributed by atoms with Crippen molar-refractivity contribution in [3.05, 3.63) is 38.9 Å². The predicted octanol–water partition coefficient (Wildman–Crippen LogP) is 2.86. The first kappa shape index (κ1) is 13.9. The SMILES string of the molecule is N#Cc1ccc(C(F)(F)F)c(C(=O)Cl)c1[N+](=O)[O-]. The summed E-state index contributed by atoms with van der Waals surface area (Å²) in [5, 5.41) is 17.6. The molecular weight excluding hydrogens is 277 g/mol. The number of halogens is 4. The van der Waals surface area contributed by atoms with Gasteiger partial charge in [-0.15, -0.1) is 0 Å². The molecule has 0 heterocycles. The van der Waals surface area contributed by atoms with Crippen LogP contribution in [0.2, 0.25) is 0 Å². The molecule has 0 atom stereocenters. The monoisotopic (exact) mass is 278 g/mol. The summed E-state index contributed by atoms with van der Waals surface area (Å²) in [4.78, 5) is 20.4. The molecule has 94 valence electrons. The van der Waals surface area contributed by atoms with Gasteiger partial charge in [0.2, 0.25) is 0 Å². The van der Waals surface area contributed by atoms with Crippen molar-refractivity contribution >= 4 is 22.5 Å². The van der Waals surface area contributed by atoms with Gasteiger partial charge in [-0.2, -0.15) is 18.4 Å². The number of nitro benzene ring substituents is 1. The number of hydrogen-bond acceptors (Lipinski definition) is 4. The van der Waals surface area contributed by atoms with Gasteiger partial charge in [0.05, 0.1) is 10.5 Å². The molecule has 1 rings (SSSR count). The van der Waals surface area contributed by atoms with Crippen LogP contribution in [-0.4, -0.2) is 10.2 Å². The van der Waals surface area contributed by atoms with Crippen LogP contribution < -0.4 is 0 Å². The molecule has 0 aromatic heterocycles. The number of nitriles is 1. The molecule has 0 aliphatic rings. The molecule has 9 heteroatoms. The van der Waals surface area contributed by atoms with Crippen molar-refractivity contribution in [2.45, 2.75) is 6.18 Å². The van der Waals surface area contributed by atoms with Crippen LogP contribution >= 0.6 is 11.6 Å². The van der Waals surface area contributed by atoms with E-state index in [0.717, 1.165) is 0 Å². The molecule has 0 radical (unpaired) electrons. The molecule has 0 aliphatic heterocycles. The maximum absolute atomic E-state index is 12.6. The highest BCUT2D eigenvalue weighted by Gasteiger charge is 2.40. The molecule has 0 amide bonds. The van der Waals surface area contributed by atoms with Gasteiger partial charge in [-0.3, -0.25) is 14.9 Å². The molecule has 0 saturated heterocycles. The highest BCUT2D eigenvalue weighted by Crippen LogP contribution is 2.38. The first-order valence-electron chi connectivity index (χ1n) is 4.18. The van der Waals surface area contributed by atoms with Gasteiger partial charge in [-0.05, 0) is 23.7 Å². The number of benzene rings is 1.